The van der Waals surface area contributed by atoms with Crippen LogP contribution in [0.25, 0.3) is 0 Å². The number of piperazine rings is 1. The van der Waals surface area contributed by atoms with E-state index in [0.29, 0.717) is 6.54 Å². The molecule has 0 aromatic carbocycles. The van der Waals surface area contributed by atoms with Gasteiger partial charge in [0.2, 0.25) is 5.82 Å². The number of likely N-dealkylation sites (N-methyl/N-ethyl adjacent to an activating group) is 1. The average Bonchev–Trinajstić information content (AvgIpc) is 2.75. The van der Waals surface area contributed by atoms with E-state index in [1.807, 2.05) is 13.1 Å². The molecule has 0 atom stereocenters. The van der Waals surface area contributed by atoms with E-state index in [2.05, 4.69) is 21.8 Å². The molecule has 0 amide bonds. The zero-order valence-corrected chi connectivity index (χ0v) is 11.0. The third kappa shape index (κ3) is 2.88. The van der Waals surface area contributed by atoms with Crippen LogP contribution in [0.4, 0.5) is 0 Å². The summed E-state index contributed by atoms with van der Waals surface area (Å²) in [5.41, 5.74) is 0.846. The van der Waals surface area contributed by atoms with E-state index in [-0.39, 0.29) is 5.82 Å². The number of aromatic carboxylic acids is 1. The zero-order chi connectivity index (χ0) is 13.1. The van der Waals surface area contributed by atoms with Crippen LogP contribution in [0.15, 0.2) is 6.20 Å². The summed E-state index contributed by atoms with van der Waals surface area (Å²) in [6, 6.07) is 0. The molecule has 0 aliphatic carbocycles. The monoisotopic (exact) mass is 252 g/mol. The molecule has 1 aromatic heterocycles. The maximum absolute atomic E-state index is 11.0. The molecule has 18 heavy (non-hydrogen) atoms. The van der Waals surface area contributed by atoms with Gasteiger partial charge in [0.05, 0.1) is 5.69 Å². The van der Waals surface area contributed by atoms with Gasteiger partial charge in [-0.3, -0.25) is 4.90 Å². The molecule has 6 heteroatoms. The fourth-order valence-corrected chi connectivity index (χ4v) is 2.19. The lowest BCUT2D eigenvalue weighted by molar-refractivity contribution is 0.0678. The van der Waals surface area contributed by atoms with E-state index in [1.165, 1.54) is 0 Å². The van der Waals surface area contributed by atoms with Crippen molar-refractivity contribution in [2.24, 2.45) is 0 Å². The highest BCUT2D eigenvalue weighted by atomic mass is 16.4. The smallest absolute Gasteiger partial charge is 0.372 e. The predicted molar refractivity (Wildman–Crippen MR) is 67.6 cm³/mol. The Hall–Kier alpha value is -1.40. The standard InChI is InChI=1S/C12H20N4O2/c1-3-16-9-10(13-11(16)12(17)18)8-15-6-4-14(2)5-7-15/h9H,3-8H2,1-2H3,(H,17,18). The Morgan fingerprint density at radius 2 is 2.06 bits per heavy atom. The minimum absolute atomic E-state index is 0.140. The first kappa shape index (κ1) is 13.0. The van der Waals surface area contributed by atoms with Crippen LogP contribution in [0, 0.1) is 0 Å². The van der Waals surface area contributed by atoms with Crippen molar-refractivity contribution in [2.45, 2.75) is 20.0 Å². The first-order chi connectivity index (χ1) is 8.60. The number of carboxylic acid groups (broad SMARTS) is 1. The fraction of sp³-hybridized carbons (Fsp3) is 0.667. The van der Waals surface area contributed by atoms with E-state index in [0.717, 1.165) is 38.4 Å². The van der Waals surface area contributed by atoms with Crippen molar-refractivity contribution in [2.75, 3.05) is 33.2 Å². The summed E-state index contributed by atoms with van der Waals surface area (Å²) in [4.78, 5) is 19.8. The van der Waals surface area contributed by atoms with E-state index >= 15 is 0 Å². The second-order valence-electron chi connectivity index (χ2n) is 4.73. The van der Waals surface area contributed by atoms with Gasteiger partial charge in [-0.2, -0.15) is 0 Å². The summed E-state index contributed by atoms with van der Waals surface area (Å²) in [5, 5.41) is 9.05. The molecule has 2 rings (SSSR count). The first-order valence-electron chi connectivity index (χ1n) is 6.30. The number of nitrogens with zero attached hydrogens (tertiary/aromatic N) is 4. The number of aromatic nitrogens is 2. The van der Waals surface area contributed by atoms with Crippen molar-refractivity contribution in [3.05, 3.63) is 17.7 Å². The molecule has 1 aliphatic rings. The van der Waals surface area contributed by atoms with E-state index in [4.69, 9.17) is 5.11 Å². The highest BCUT2D eigenvalue weighted by molar-refractivity contribution is 5.83. The molecule has 6 nitrogen and oxygen atoms in total. The van der Waals surface area contributed by atoms with Gasteiger partial charge in [0.15, 0.2) is 0 Å². The molecule has 0 radical (unpaired) electrons. The molecule has 0 unspecified atom stereocenters. The molecule has 1 saturated heterocycles. The van der Waals surface area contributed by atoms with Gasteiger partial charge in [-0.25, -0.2) is 9.78 Å². The van der Waals surface area contributed by atoms with Crippen LogP contribution in [0.3, 0.4) is 0 Å². The molecule has 0 bridgehead atoms. The maximum Gasteiger partial charge on any atom is 0.372 e. The molecule has 1 fully saturated rings. The molecule has 100 valence electrons. The minimum atomic E-state index is -0.957. The van der Waals surface area contributed by atoms with Gasteiger partial charge in [-0.15, -0.1) is 0 Å². The summed E-state index contributed by atoms with van der Waals surface area (Å²) in [6.45, 7) is 7.43. The number of imidazole rings is 1. The second kappa shape index (κ2) is 5.49. The first-order valence-corrected chi connectivity index (χ1v) is 6.30. The Balaban J connectivity index is 2.03. The van der Waals surface area contributed by atoms with Crippen LogP contribution in [0.2, 0.25) is 0 Å². The third-order valence-electron chi connectivity index (χ3n) is 3.34. The summed E-state index contributed by atoms with van der Waals surface area (Å²) in [6.07, 6.45) is 1.85. The van der Waals surface area contributed by atoms with Gasteiger partial charge >= 0.3 is 5.97 Å². The summed E-state index contributed by atoms with van der Waals surface area (Å²) in [7, 11) is 2.12. The highest BCUT2D eigenvalue weighted by Gasteiger charge is 2.18. The molecule has 0 spiro atoms. The summed E-state index contributed by atoms with van der Waals surface area (Å²) < 4.78 is 1.69. The van der Waals surface area contributed by atoms with Crippen LogP contribution >= 0.6 is 0 Å². The van der Waals surface area contributed by atoms with E-state index < -0.39 is 5.97 Å². The van der Waals surface area contributed by atoms with Crippen LogP contribution in [0.1, 0.15) is 23.2 Å². The lowest BCUT2D eigenvalue weighted by atomic mass is 10.3. The molecular formula is C12H20N4O2. The SMILES string of the molecule is CCn1cc(CN2CCN(C)CC2)nc1C(=O)O. The predicted octanol–water partition coefficient (Wildman–Crippen LogP) is 0.349. The summed E-state index contributed by atoms with van der Waals surface area (Å²) >= 11 is 0. The van der Waals surface area contributed by atoms with Crippen molar-refractivity contribution in [1.82, 2.24) is 19.4 Å². The van der Waals surface area contributed by atoms with Crippen molar-refractivity contribution < 1.29 is 9.90 Å². The average molecular weight is 252 g/mol. The molecule has 1 N–H and O–H groups in total. The molecule has 2 heterocycles. The molecular weight excluding hydrogens is 232 g/mol. The summed E-state index contributed by atoms with van der Waals surface area (Å²) in [5.74, 6) is -0.817. The Morgan fingerprint density at radius 3 is 2.56 bits per heavy atom. The van der Waals surface area contributed by atoms with Gasteiger partial charge in [0.25, 0.3) is 0 Å². The molecule has 1 aromatic rings. The second-order valence-corrected chi connectivity index (χ2v) is 4.73. The van der Waals surface area contributed by atoms with Crippen LogP contribution < -0.4 is 0 Å². The van der Waals surface area contributed by atoms with E-state index in [1.54, 1.807) is 4.57 Å². The van der Waals surface area contributed by atoms with Crippen molar-refractivity contribution in [3.63, 3.8) is 0 Å². The number of aryl methyl sites for hydroxylation is 1. The van der Waals surface area contributed by atoms with E-state index in [9.17, 15) is 4.79 Å². The lowest BCUT2D eigenvalue weighted by Gasteiger charge is -2.31. The number of carboxylic acids is 1. The third-order valence-corrected chi connectivity index (χ3v) is 3.34. The quantitative estimate of drug-likeness (QED) is 0.837. The topological polar surface area (TPSA) is 61.6 Å². The van der Waals surface area contributed by atoms with Gasteiger partial charge in [-0.05, 0) is 14.0 Å². The Morgan fingerprint density at radius 1 is 1.39 bits per heavy atom. The van der Waals surface area contributed by atoms with Crippen molar-refractivity contribution in [3.8, 4) is 0 Å². The Kier molecular flexibility index (Phi) is 3.98. The number of carbonyl (C=O) groups is 1. The van der Waals surface area contributed by atoms with Crippen molar-refractivity contribution in [1.29, 1.82) is 0 Å². The highest BCUT2D eigenvalue weighted by Crippen LogP contribution is 2.09. The van der Waals surface area contributed by atoms with Crippen LogP contribution in [0.5, 0.6) is 0 Å². The van der Waals surface area contributed by atoms with Gasteiger partial charge in [0, 0.05) is 45.5 Å². The van der Waals surface area contributed by atoms with Gasteiger partial charge in [0.1, 0.15) is 0 Å². The number of hydrogen-bond donors (Lipinski definition) is 1. The largest absolute Gasteiger partial charge is 0.475 e. The van der Waals surface area contributed by atoms with Crippen LogP contribution in [-0.4, -0.2) is 63.7 Å². The van der Waals surface area contributed by atoms with Crippen molar-refractivity contribution >= 4 is 5.97 Å². The Bertz CT molecular complexity index is 422. The Labute approximate surface area is 107 Å². The number of hydrogen-bond acceptors (Lipinski definition) is 4. The van der Waals surface area contributed by atoms with Gasteiger partial charge < -0.3 is 14.6 Å². The van der Waals surface area contributed by atoms with Crippen LogP contribution in [-0.2, 0) is 13.1 Å². The minimum Gasteiger partial charge on any atom is -0.475 e. The lowest BCUT2D eigenvalue weighted by Crippen LogP contribution is -2.43. The number of rotatable bonds is 4. The fourth-order valence-electron chi connectivity index (χ4n) is 2.19. The normalized spacial score (nSPS) is 18.1. The zero-order valence-electron chi connectivity index (χ0n) is 11.0. The maximum atomic E-state index is 11.0. The molecule has 0 saturated carbocycles. The van der Waals surface area contributed by atoms with Gasteiger partial charge in [-0.1, -0.05) is 0 Å². The molecule has 1 aliphatic heterocycles.